The zero-order valence-electron chi connectivity index (χ0n) is 10.4. The first-order valence-electron chi connectivity index (χ1n) is 4.72. The van der Waals surface area contributed by atoms with Crippen molar-refractivity contribution in [3.05, 3.63) is 24.3 Å². The molecule has 80 valence electrons. The molecule has 0 N–H and O–H groups in total. The minimum Gasteiger partial charge on any atom is -0.273 e. The zero-order chi connectivity index (χ0) is 10.7. The predicted molar refractivity (Wildman–Crippen MR) is 68.3 cm³/mol. The standard InChI is InChI=1S/C5H5.2C3H9Si.Ti/c1-2-4-5-3-1;2*1-4(2)3;/h1-3H,4H2;2*1-3H3;/q-1;;;. The molecular weight excluding hydrogens is 236 g/mol. The Morgan fingerprint density at radius 2 is 1.29 bits per heavy atom. The summed E-state index contributed by atoms with van der Waals surface area (Å²) >= 11 is 0. The maximum atomic E-state index is 2.99. The van der Waals surface area contributed by atoms with Crippen LogP contribution in [0, 0.1) is 6.08 Å². The summed E-state index contributed by atoms with van der Waals surface area (Å²) in [6, 6.07) is 0. The molecule has 0 spiro atoms. The molecule has 0 aromatic heterocycles. The number of rotatable bonds is 0. The molecule has 0 fully saturated rings. The second-order valence-electron chi connectivity index (χ2n) is 4.00. The summed E-state index contributed by atoms with van der Waals surface area (Å²) in [5.74, 6) is 0. The van der Waals surface area contributed by atoms with E-state index in [2.05, 4.69) is 51.4 Å². The van der Waals surface area contributed by atoms with E-state index in [-0.39, 0.29) is 39.3 Å². The van der Waals surface area contributed by atoms with E-state index in [4.69, 9.17) is 0 Å². The smallest absolute Gasteiger partial charge is 0.0379 e. The van der Waals surface area contributed by atoms with Crippen LogP contribution in [0.4, 0.5) is 0 Å². The Hall–Kier alpha value is 0.628. The van der Waals surface area contributed by atoms with Crippen LogP contribution < -0.4 is 0 Å². The van der Waals surface area contributed by atoms with Crippen LogP contribution in [0.2, 0.25) is 39.3 Å². The minimum absolute atomic E-state index is 0. The molecule has 0 aromatic rings. The molecule has 0 nitrogen and oxygen atoms in total. The third-order valence-corrected chi connectivity index (χ3v) is 0.586. The number of hydrogen-bond acceptors (Lipinski definition) is 0. The van der Waals surface area contributed by atoms with Crippen LogP contribution in [-0.2, 0) is 21.7 Å². The van der Waals surface area contributed by atoms with Crippen molar-refractivity contribution in [3.63, 3.8) is 0 Å². The van der Waals surface area contributed by atoms with Crippen LogP contribution in [0.3, 0.4) is 0 Å². The Morgan fingerprint density at radius 1 is 0.929 bits per heavy atom. The van der Waals surface area contributed by atoms with E-state index in [1.165, 1.54) is 0 Å². The summed E-state index contributed by atoms with van der Waals surface area (Å²) < 4.78 is 0. The molecule has 1 rings (SSSR count). The fourth-order valence-corrected chi connectivity index (χ4v) is 0.340. The van der Waals surface area contributed by atoms with E-state index < -0.39 is 0 Å². The van der Waals surface area contributed by atoms with Gasteiger partial charge >= 0.3 is 0 Å². The SMILES string of the molecule is C[Si](C)C.C[Si](C)C.[C-]1=CC=CC1.[Ti]. The summed E-state index contributed by atoms with van der Waals surface area (Å²) in [7, 11) is 0.241. The van der Waals surface area contributed by atoms with Crippen LogP contribution >= 0.6 is 0 Å². The van der Waals surface area contributed by atoms with Crippen molar-refractivity contribution in [2.45, 2.75) is 45.7 Å². The first-order chi connectivity index (χ1) is 5.96. The van der Waals surface area contributed by atoms with Gasteiger partial charge in [0.05, 0.1) is 0 Å². The van der Waals surface area contributed by atoms with Crippen LogP contribution in [-0.4, -0.2) is 17.6 Å². The van der Waals surface area contributed by atoms with Gasteiger partial charge < -0.3 is 0 Å². The van der Waals surface area contributed by atoms with Crippen molar-refractivity contribution < 1.29 is 21.7 Å². The largest absolute Gasteiger partial charge is 0.273 e. The monoisotopic (exact) mass is 259 g/mol. The molecule has 0 saturated heterocycles. The Labute approximate surface area is 109 Å². The molecule has 0 unspecified atom stereocenters. The van der Waals surface area contributed by atoms with E-state index >= 15 is 0 Å². The van der Waals surface area contributed by atoms with Gasteiger partial charge in [0.15, 0.2) is 0 Å². The predicted octanol–water partition coefficient (Wildman–Crippen LogP) is 4.04. The van der Waals surface area contributed by atoms with E-state index in [0.29, 0.717) is 0 Å². The normalized spacial score (nSPS) is 11.4. The molecule has 0 saturated carbocycles. The van der Waals surface area contributed by atoms with Gasteiger partial charge in [-0.15, -0.1) is 6.42 Å². The van der Waals surface area contributed by atoms with Gasteiger partial charge in [-0.25, -0.2) is 12.2 Å². The minimum atomic E-state index is 0. The molecule has 0 amide bonds. The van der Waals surface area contributed by atoms with Crippen molar-refractivity contribution in [3.8, 4) is 0 Å². The van der Waals surface area contributed by atoms with Crippen LogP contribution in [0.25, 0.3) is 0 Å². The van der Waals surface area contributed by atoms with Crippen LogP contribution in [0.1, 0.15) is 6.42 Å². The molecule has 0 bridgehead atoms. The molecule has 0 aliphatic heterocycles. The van der Waals surface area contributed by atoms with Gasteiger partial charge in [0.1, 0.15) is 0 Å². The van der Waals surface area contributed by atoms with E-state index in [1.807, 2.05) is 12.2 Å². The quantitative estimate of drug-likeness (QED) is 0.455. The summed E-state index contributed by atoms with van der Waals surface area (Å²) in [4.78, 5) is 0. The second kappa shape index (κ2) is 16.1. The van der Waals surface area contributed by atoms with Crippen molar-refractivity contribution in [1.29, 1.82) is 0 Å². The van der Waals surface area contributed by atoms with Crippen molar-refractivity contribution in [1.82, 2.24) is 0 Å². The molecule has 14 heavy (non-hydrogen) atoms. The zero-order valence-corrected chi connectivity index (χ0v) is 14.0. The van der Waals surface area contributed by atoms with Gasteiger partial charge in [-0.3, -0.25) is 6.08 Å². The Balaban J connectivity index is -0.000000127. The fourth-order valence-electron chi connectivity index (χ4n) is 0.340. The fraction of sp³-hybridized carbons (Fsp3) is 0.636. The molecule has 1 aliphatic rings. The molecule has 0 atom stereocenters. The average Bonchev–Trinajstić information content (AvgIpc) is 2.35. The van der Waals surface area contributed by atoms with Crippen molar-refractivity contribution in [2.75, 3.05) is 0 Å². The van der Waals surface area contributed by atoms with E-state index in [1.54, 1.807) is 0 Å². The molecule has 1 aliphatic carbocycles. The van der Waals surface area contributed by atoms with Gasteiger partial charge in [0, 0.05) is 39.3 Å². The number of hydrogen-bond donors (Lipinski definition) is 0. The molecule has 2 radical (unpaired) electrons. The molecule has 0 heterocycles. The number of allylic oxidation sites excluding steroid dienone is 4. The van der Waals surface area contributed by atoms with Gasteiger partial charge in [-0.1, -0.05) is 39.3 Å². The summed E-state index contributed by atoms with van der Waals surface area (Å²) in [6.45, 7) is 13.6. The third kappa shape index (κ3) is 53.9. The third-order valence-electron chi connectivity index (χ3n) is 0.586. The first-order valence-corrected chi connectivity index (χ1v) is 10.7. The Kier molecular flexibility index (Phi) is 23.1. The van der Waals surface area contributed by atoms with Gasteiger partial charge in [-0.2, -0.15) is 6.08 Å². The van der Waals surface area contributed by atoms with E-state index in [0.717, 1.165) is 6.42 Å². The maximum Gasteiger partial charge on any atom is 0.0379 e. The Bertz CT molecular complexity index is 119. The van der Waals surface area contributed by atoms with Gasteiger partial charge in [0.2, 0.25) is 0 Å². The van der Waals surface area contributed by atoms with Gasteiger partial charge in [0.25, 0.3) is 0 Å². The molecular formula is C11H23Si2Ti-. The molecule has 3 heteroatoms. The van der Waals surface area contributed by atoms with Crippen LogP contribution in [0.5, 0.6) is 0 Å². The average molecular weight is 259 g/mol. The van der Waals surface area contributed by atoms with Crippen molar-refractivity contribution in [2.24, 2.45) is 0 Å². The Morgan fingerprint density at radius 3 is 1.36 bits per heavy atom. The summed E-state index contributed by atoms with van der Waals surface area (Å²) in [6.07, 6.45) is 10.0. The summed E-state index contributed by atoms with van der Waals surface area (Å²) in [5, 5.41) is 0. The second-order valence-corrected chi connectivity index (χ2v) is 10.0. The molecule has 0 aromatic carbocycles. The van der Waals surface area contributed by atoms with Crippen molar-refractivity contribution >= 4 is 17.6 Å². The topological polar surface area (TPSA) is 0 Å². The maximum absolute atomic E-state index is 2.99. The van der Waals surface area contributed by atoms with Gasteiger partial charge in [-0.05, 0) is 0 Å². The summed E-state index contributed by atoms with van der Waals surface area (Å²) in [5.41, 5.74) is 0. The van der Waals surface area contributed by atoms with E-state index in [9.17, 15) is 0 Å². The van der Waals surface area contributed by atoms with Crippen LogP contribution in [0.15, 0.2) is 18.2 Å². The first kappa shape index (κ1) is 20.1.